The largest absolute Gasteiger partial charge is 0.379 e. The molecule has 1 N–H and O–H groups in total. The summed E-state index contributed by atoms with van der Waals surface area (Å²) in [5, 5.41) is 16.7. The lowest BCUT2D eigenvalue weighted by molar-refractivity contribution is -0.140. The zero-order valence-corrected chi connectivity index (χ0v) is 25.4. The van der Waals surface area contributed by atoms with Gasteiger partial charge >= 0.3 is 0 Å². The Hall–Kier alpha value is -4.78. The number of ether oxygens (including phenoxy) is 1. The van der Waals surface area contributed by atoms with E-state index in [0.29, 0.717) is 61.2 Å². The second-order valence-electron chi connectivity index (χ2n) is 11.4. The van der Waals surface area contributed by atoms with Gasteiger partial charge in [0.1, 0.15) is 18.2 Å². The van der Waals surface area contributed by atoms with Gasteiger partial charge in [-0.05, 0) is 77.0 Å². The first-order valence-electron chi connectivity index (χ1n) is 15.0. The predicted molar refractivity (Wildman–Crippen MR) is 169 cm³/mol. The average molecular weight is 641 g/mol. The number of morpholine rings is 1. The first kappa shape index (κ1) is 29.9. The molecule has 2 amide bonds. The van der Waals surface area contributed by atoms with Crippen molar-refractivity contribution >= 4 is 41.4 Å². The summed E-state index contributed by atoms with van der Waals surface area (Å²) in [6, 6.07) is 16.0. The Bertz CT molecular complexity index is 1910. The molecule has 4 aromatic rings. The van der Waals surface area contributed by atoms with Crippen LogP contribution in [-0.4, -0.2) is 86.8 Å². The number of benzene rings is 3. The number of halogens is 2. The molecule has 46 heavy (non-hydrogen) atoms. The zero-order valence-electron chi connectivity index (χ0n) is 24.7. The van der Waals surface area contributed by atoms with E-state index in [2.05, 4.69) is 30.7 Å². The van der Waals surface area contributed by atoms with Crippen molar-refractivity contribution in [3.63, 3.8) is 0 Å². The van der Waals surface area contributed by atoms with Gasteiger partial charge in [0.15, 0.2) is 0 Å². The Morgan fingerprint density at radius 3 is 2.59 bits per heavy atom. The first-order valence-corrected chi connectivity index (χ1v) is 15.4. The number of hydrogen-bond donors (Lipinski definition) is 1. The zero-order chi connectivity index (χ0) is 31.6. The van der Waals surface area contributed by atoms with Crippen molar-refractivity contribution in [2.45, 2.75) is 24.4 Å². The van der Waals surface area contributed by atoms with Crippen molar-refractivity contribution in [3.8, 4) is 5.69 Å². The maximum Gasteiger partial charge on any atom is 0.247 e. The Kier molecular flexibility index (Phi) is 8.39. The third kappa shape index (κ3) is 6.19. The fraction of sp³-hybridized carbons (Fsp3) is 0.273. The minimum Gasteiger partial charge on any atom is -0.379 e. The van der Waals surface area contributed by atoms with Gasteiger partial charge < -0.3 is 15.0 Å². The van der Waals surface area contributed by atoms with Crippen molar-refractivity contribution in [3.05, 3.63) is 106 Å². The number of nitrogens with one attached hydrogen (secondary N) is 1. The molecule has 2 saturated heterocycles. The molecule has 0 saturated carbocycles. The highest BCUT2D eigenvalue weighted by atomic mass is 35.5. The van der Waals surface area contributed by atoms with Crippen LogP contribution in [0.15, 0.2) is 78.1 Å². The molecule has 7 rings (SSSR count). The highest BCUT2D eigenvalue weighted by Gasteiger charge is 2.44. The molecule has 0 bridgehead atoms. The summed E-state index contributed by atoms with van der Waals surface area (Å²) < 4.78 is 21.1. The van der Waals surface area contributed by atoms with Crippen molar-refractivity contribution in [1.82, 2.24) is 30.0 Å². The lowest BCUT2D eigenvalue weighted by atomic mass is 9.80. The van der Waals surface area contributed by atoms with Crippen LogP contribution in [-0.2, 0) is 14.3 Å². The van der Waals surface area contributed by atoms with Crippen molar-refractivity contribution in [2.75, 3.05) is 38.2 Å². The van der Waals surface area contributed by atoms with Gasteiger partial charge in [-0.1, -0.05) is 23.7 Å². The maximum atomic E-state index is 14.2. The number of tetrazole rings is 1. The van der Waals surface area contributed by atoms with Crippen LogP contribution in [0.4, 0.5) is 10.1 Å². The van der Waals surface area contributed by atoms with E-state index < -0.39 is 12.0 Å². The van der Waals surface area contributed by atoms with Crippen LogP contribution < -0.4 is 15.9 Å². The summed E-state index contributed by atoms with van der Waals surface area (Å²) in [6.45, 7) is 2.93. The van der Waals surface area contributed by atoms with Crippen LogP contribution in [0.1, 0.15) is 23.5 Å². The minimum absolute atomic E-state index is 0.0454. The van der Waals surface area contributed by atoms with Crippen molar-refractivity contribution in [2.24, 2.45) is 4.99 Å². The standard InChI is InChI=1S/C33H30ClFN8O3/c34-24-4-9-30(43-20-37-39-40-43)22(15-24)3-10-31(44)42-19-27(41-11-13-46-14-12-41)17-28(21-1-5-25(35)6-2-21)32(42)33(45)38-26-7-8-29-23(16-26)18-36-29/h1-10,15-16,18,20,27-28,32H,11-14,17,19H2,(H,38,45). The van der Waals surface area contributed by atoms with Crippen LogP contribution in [0.3, 0.4) is 0 Å². The molecular weight excluding hydrogens is 611 g/mol. The van der Waals surface area contributed by atoms with Crippen LogP contribution >= 0.6 is 11.6 Å². The number of hydrogen-bond acceptors (Lipinski definition) is 8. The number of rotatable bonds is 7. The second-order valence-corrected chi connectivity index (χ2v) is 11.9. The van der Waals surface area contributed by atoms with Crippen LogP contribution in [0.5, 0.6) is 0 Å². The molecule has 3 aliphatic rings. The molecule has 0 spiro atoms. The molecule has 3 aromatic carbocycles. The van der Waals surface area contributed by atoms with E-state index in [1.165, 1.54) is 29.2 Å². The summed E-state index contributed by atoms with van der Waals surface area (Å²) in [5.41, 5.74) is 2.64. The summed E-state index contributed by atoms with van der Waals surface area (Å²) in [7, 11) is 0. The van der Waals surface area contributed by atoms with E-state index in [-0.39, 0.29) is 23.7 Å². The van der Waals surface area contributed by atoms with Crippen molar-refractivity contribution < 1.29 is 18.7 Å². The highest BCUT2D eigenvalue weighted by Crippen LogP contribution is 2.36. The lowest BCUT2D eigenvalue weighted by Crippen LogP contribution is -2.61. The number of piperidine rings is 1. The Morgan fingerprint density at radius 1 is 1.04 bits per heavy atom. The van der Waals surface area contributed by atoms with Gasteiger partial charge in [-0.2, -0.15) is 4.68 Å². The fourth-order valence-corrected chi connectivity index (χ4v) is 6.56. The van der Waals surface area contributed by atoms with Gasteiger partial charge in [0.05, 0.1) is 24.3 Å². The van der Waals surface area contributed by atoms with E-state index in [1.54, 1.807) is 53.6 Å². The third-order valence-corrected chi connectivity index (χ3v) is 8.93. The summed E-state index contributed by atoms with van der Waals surface area (Å²) in [5.74, 6) is -1.46. The predicted octanol–water partition coefficient (Wildman–Crippen LogP) is 2.56. The first-order chi connectivity index (χ1) is 22.4. The smallest absolute Gasteiger partial charge is 0.247 e. The van der Waals surface area contributed by atoms with Crippen LogP contribution in [0.2, 0.25) is 5.02 Å². The Morgan fingerprint density at radius 2 is 1.87 bits per heavy atom. The average Bonchev–Trinajstić information content (AvgIpc) is 3.60. The quantitative estimate of drug-likeness (QED) is 0.309. The molecule has 234 valence electrons. The number of fused-ring (bicyclic) bond motifs is 1. The molecule has 13 heteroatoms. The Labute approximate surface area is 268 Å². The molecule has 11 nitrogen and oxygen atoms in total. The van der Waals surface area contributed by atoms with Gasteiger partial charge in [-0.15, -0.1) is 5.10 Å². The topological polar surface area (TPSA) is 118 Å². The molecule has 1 aromatic heterocycles. The van der Waals surface area contributed by atoms with Gasteiger partial charge in [0, 0.05) is 65.4 Å². The molecule has 2 fully saturated rings. The molecule has 3 aliphatic heterocycles. The number of nitrogens with zero attached hydrogens (tertiary/aromatic N) is 7. The van der Waals surface area contributed by atoms with Gasteiger partial charge in [-0.25, -0.2) is 4.39 Å². The van der Waals surface area contributed by atoms with Crippen molar-refractivity contribution in [1.29, 1.82) is 0 Å². The fourth-order valence-electron chi connectivity index (χ4n) is 6.38. The molecule has 3 unspecified atom stereocenters. The number of likely N-dealkylation sites (tertiary alicyclic amines) is 1. The number of aromatic nitrogens is 4. The number of amides is 2. The maximum absolute atomic E-state index is 14.2. The number of anilines is 1. The molecular formula is C33H30ClFN8O3. The summed E-state index contributed by atoms with van der Waals surface area (Å²) in [6.07, 6.45) is 6.90. The van der Waals surface area contributed by atoms with Gasteiger partial charge in [0.25, 0.3) is 0 Å². The molecule has 3 atom stereocenters. The second kappa shape index (κ2) is 12.9. The third-order valence-electron chi connectivity index (χ3n) is 8.69. The van der Waals surface area contributed by atoms with Gasteiger partial charge in [-0.3, -0.25) is 19.5 Å². The minimum atomic E-state index is -0.877. The number of carbonyl (C=O) groups is 2. The van der Waals surface area contributed by atoms with E-state index in [1.807, 2.05) is 12.1 Å². The summed E-state index contributed by atoms with van der Waals surface area (Å²) >= 11 is 6.32. The highest BCUT2D eigenvalue weighted by molar-refractivity contribution is 6.30. The molecule has 0 aliphatic carbocycles. The summed E-state index contributed by atoms with van der Waals surface area (Å²) in [4.78, 5) is 36.6. The van der Waals surface area contributed by atoms with E-state index >= 15 is 0 Å². The monoisotopic (exact) mass is 640 g/mol. The van der Waals surface area contributed by atoms with Crippen LogP contribution in [0.25, 0.3) is 18.0 Å². The van der Waals surface area contributed by atoms with E-state index in [4.69, 9.17) is 16.3 Å². The normalized spacial score (nSPS) is 21.2. The lowest BCUT2D eigenvalue weighted by Gasteiger charge is -2.47. The SMILES string of the molecule is O=C(Nc1ccc2c(c1)=CN=2)C1C(c2ccc(F)cc2)CC(N2CCOCC2)CN1C(=O)C=Cc1cc(Cl)ccc1-n1cnnn1. The molecule has 4 heterocycles. The molecule has 0 radical (unpaired) electrons. The van der Waals surface area contributed by atoms with Crippen LogP contribution in [0, 0.1) is 5.82 Å². The van der Waals surface area contributed by atoms with E-state index in [9.17, 15) is 14.0 Å². The Balaban J connectivity index is 1.26. The number of carbonyl (C=O) groups excluding carboxylic acids is 2. The van der Waals surface area contributed by atoms with E-state index in [0.717, 1.165) is 16.1 Å². The van der Waals surface area contributed by atoms with Gasteiger partial charge in [0.2, 0.25) is 11.8 Å².